The Labute approximate surface area is 119 Å². The number of ether oxygens (including phenoxy) is 1. The zero-order valence-electron chi connectivity index (χ0n) is 11.3. The number of anilines is 1. The number of fused-ring (bicyclic) bond motifs is 1. The number of carbonyl (C=O) groups is 2. The summed E-state index contributed by atoms with van der Waals surface area (Å²) in [5, 5.41) is 9.38. The number of aromatic nitrogens is 4. The molecule has 21 heavy (non-hydrogen) atoms. The summed E-state index contributed by atoms with van der Waals surface area (Å²) in [4.78, 5) is 33.8. The van der Waals surface area contributed by atoms with E-state index >= 15 is 0 Å². The number of hydrogen-bond donors (Lipinski definition) is 2. The zero-order chi connectivity index (χ0) is 15.4. The molecule has 9 nitrogen and oxygen atoms in total. The van der Waals surface area contributed by atoms with Crippen LogP contribution in [0.2, 0.25) is 0 Å². The minimum atomic E-state index is -1.02. The van der Waals surface area contributed by atoms with Crippen molar-refractivity contribution in [2.24, 2.45) is 5.92 Å². The molecule has 0 saturated carbocycles. The van der Waals surface area contributed by atoms with Gasteiger partial charge in [-0.2, -0.15) is 0 Å². The van der Waals surface area contributed by atoms with Crippen LogP contribution in [0.4, 0.5) is 5.82 Å². The molecule has 0 radical (unpaired) electrons. The topological polar surface area (TPSA) is 133 Å². The lowest BCUT2D eigenvalue weighted by atomic mass is 10.1. The van der Waals surface area contributed by atoms with Gasteiger partial charge in [0.25, 0.3) is 0 Å². The molecule has 3 N–H and O–H groups in total. The van der Waals surface area contributed by atoms with Crippen molar-refractivity contribution in [3.05, 3.63) is 12.7 Å². The standard InChI is InChI=1S/C12H15N5O4/c1-7(20)8(2-18)4-21-9(3-19)17-6-16-10-11(13)14-5-15-12(10)17/h2-3,5-9,20H,4H2,1H3,(H2,13,14,15). The van der Waals surface area contributed by atoms with Crippen LogP contribution in [0.5, 0.6) is 0 Å². The van der Waals surface area contributed by atoms with Gasteiger partial charge in [-0.25, -0.2) is 15.0 Å². The molecule has 3 atom stereocenters. The predicted octanol–water partition coefficient (Wildman–Crippen LogP) is -0.682. The lowest BCUT2D eigenvalue weighted by molar-refractivity contribution is -0.130. The molecule has 9 heteroatoms. The second-order valence-corrected chi connectivity index (χ2v) is 4.48. The van der Waals surface area contributed by atoms with Crippen LogP contribution in [-0.2, 0) is 14.3 Å². The number of nitrogens with zero attached hydrogens (tertiary/aromatic N) is 4. The number of nitrogen functional groups attached to an aromatic ring is 1. The molecule has 0 aromatic carbocycles. The molecular weight excluding hydrogens is 278 g/mol. The molecule has 0 aliphatic rings. The van der Waals surface area contributed by atoms with Gasteiger partial charge in [0.2, 0.25) is 0 Å². The molecule has 2 aromatic rings. The first kappa shape index (κ1) is 15.0. The van der Waals surface area contributed by atoms with Gasteiger partial charge in [-0.1, -0.05) is 0 Å². The highest BCUT2D eigenvalue weighted by Gasteiger charge is 2.20. The second kappa shape index (κ2) is 6.37. The van der Waals surface area contributed by atoms with Gasteiger partial charge in [0, 0.05) is 0 Å². The minimum absolute atomic E-state index is 0.106. The molecule has 2 rings (SSSR count). The lowest BCUT2D eigenvalue weighted by Crippen LogP contribution is -2.26. The molecule has 2 aromatic heterocycles. The van der Waals surface area contributed by atoms with Gasteiger partial charge in [-0.05, 0) is 6.92 Å². The fraction of sp³-hybridized carbons (Fsp3) is 0.417. The van der Waals surface area contributed by atoms with Crippen LogP contribution in [0.25, 0.3) is 11.2 Å². The highest BCUT2D eigenvalue weighted by molar-refractivity contribution is 5.81. The Morgan fingerprint density at radius 2 is 2.14 bits per heavy atom. The van der Waals surface area contributed by atoms with E-state index in [4.69, 9.17) is 10.5 Å². The fourth-order valence-electron chi connectivity index (χ4n) is 1.74. The Hall–Kier alpha value is -2.39. The smallest absolute Gasteiger partial charge is 0.192 e. The molecule has 0 spiro atoms. The molecule has 3 unspecified atom stereocenters. The van der Waals surface area contributed by atoms with Crippen LogP contribution in [0, 0.1) is 5.92 Å². The maximum atomic E-state index is 11.2. The summed E-state index contributed by atoms with van der Waals surface area (Å²) >= 11 is 0. The Morgan fingerprint density at radius 3 is 2.76 bits per heavy atom. The van der Waals surface area contributed by atoms with Crippen LogP contribution in [-0.4, -0.2) is 49.9 Å². The Balaban J connectivity index is 2.22. The maximum Gasteiger partial charge on any atom is 0.192 e. The number of aldehydes is 2. The number of hydrogen-bond acceptors (Lipinski definition) is 8. The van der Waals surface area contributed by atoms with E-state index in [-0.39, 0.29) is 12.4 Å². The van der Waals surface area contributed by atoms with E-state index in [0.29, 0.717) is 23.7 Å². The predicted molar refractivity (Wildman–Crippen MR) is 72.0 cm³/mol. The van der Waals surface area contributed by atoms with Gasteiger partial charge in [-0.15, -0.1) is 0 Å². The summed E-state index contributed by atoms with van der Waals surface area (Å²) in [6.07, 6.45) is 1.84. The van der Waals surface area contributed by atoms with Gasteiger partial charge in [-0.3, -0.25) is 9.36 Å². The minimum Gasteiger partial charge on any atom is -0.393 e. The van der Waals surface area contributed by atoms with Crippen molar-refractivity contribution in [2.75, 3.05) is 12.3 Å². The van der Waals surface area contributed by atoms with Crippen molar-refractivity contribution in [2.45, 2.75) is 19.3 Å². The number of aliphatic hydroxyl groups is 1. The second-order valence-electron chi connectivity index (χ2n) is 4.48. The summed E-state index contributed by atoms with van der Waals surface area (Å²) in [7, 11) is 0. The van der Waals surface area contributed by atoms with E-state index < -0.39 is 18.2 Å². The summed E-state index contributed by atoms with van der Waals surface area (Å²) in [6.45, 7) is 1.36. The van der Waals surface area contributed by atoms with Crippen molar-refractivity contribution >= 4 is 29.6 Å². The van der Waals surface area contributed by atoms with E-state index in [1.165, 1.54) is 24.1 Å². The summed E-state index contributed by atoms with van der Waals surface area (Å²) in [5.41, 5.74) is 6.36. The zero-order valence-corrected chi connectivity index (χ0v) is 11.3. The van der Waals surface area contributed by atoms with Crippen LogP contribution < -0.4 is 5.73 Å². The molecule has 0 aliphatic carbocycles. The Morgan fingerprint density at radius 1 is 1.38 bits per heavy atom. The maximum absolute atomic E-state index is 11.2. The first-order valence-electron chi connectivity index (χ1n) is 6.21. The Kier molecular flexibility index (Phi) is 4.55. The number of aliphatic hydroxyl groups excluding tert-OH is 1. The van der Waals surface area contributed by atoms with E-state index in [1.54, 1.807) is 0 Å². The number of carbonyl (C=O) groups excluding carboxylic acids is 2. The van der Waals surface area contributed by atoms with Gasteiger partial charge >= 0.3 is 0 Å². The first-order valence-corrected chi connectivity index (χ1v) is 6.21. The average Bonchev–Trinajstić information content (AvgIpc) is 2.89. The highest BCUT2D eigenvalue weighted by atomic mass is 16.5. The highest BCUT2D eigenvalue weighted by Crippen LogP contribution is 2.19. The lowest BCUT2D eigenvalue weighted by Gasteiger charge is -2.18. The SMILES string of the molecule is CC(O)C(C=O)COC(C=O)n1cnc2c(N)ncnc21. The van der Waals surface area contributed by atoms with Gasteiger partial charge in [0.15, 0.2) is 24.0 Å². The Bertz CT molecular complexity index is 642. The van der Waals surface area contributed by atoms with Crippen LogP contribution >= 0.6 is 0 Å². The normalized spacial score (nSPS) is 15.5. The molecule has 0 amide bonds. The van der Waals surface area contributed by atoms with Crippen molar-refractivity contribution in [1.29, 1.82) is 0 Å². The molecule has 112 valence electrons. The third-order valence-electron chi connectivity index (χ3n) is 3.03. The van der Waals surface area contributed by atoms with E-state index in [9.17, 15) is 14.7 Å². The summed E-state index contributed by atoms with van der Waals surface area (Å²) in [5.74, 6) is -0.528. The molecule has 0 fully saturated rings. The van der Waals surface area contributed by atoms with Crippen LogP contribution in [0.3, 0.4) is 0 Å². The number of rotatable bonds is 7. The summed E-state index contributed by atoms with van der Waals surface area (Å²) in [6, 6.07) is 0. The van der Waals surface area contributed by atoms with E-state index in [1.807, 2.05) is 0 Å². The number of nitrogens with two attached hydrogens (primary N) is 1. The summed E-state index contributed by atoms with van der Waals surface area (Å²) < 4.78 is 6.74. The molecular formula is C12H15N5O4. The molecule has 2 heterocycles. The largest absolute Gasteiger partial charge is 0.393 e. The monoisotopic (exact) mass is 293 g/mol. The quantitative estimate of drug-likeness (QED) is 0.641. The molecule has 0 saturated heterocycles. The van der Waals surface area contributed by atoms with E-state index in [2.05, 4.69) is 15.0 Å². The van der Waals surface area contributed by atoms with Crippen LogP contribution in [0.1, 0.15) is 13.2 Å². The van der Waals surface area contributed by atoms with Crippen molar-refractivity contribution < 1.29 is 19.4 Å². The third kappa shape index (κ3) is 3.03. The molecule has 0 bridgehead atoms. The van der Waals surface area contributed by atoms with Gasteiger partial charge < -0.3 is 20.4 Å². The van der Waals surface area contributed by atoms with Crippen molar-refractivity contribution in [3.8, 4) is 0 Å². The fourth-order valence-corrected chi connectivity index (χ4v) is 1.74. The van der Waals surface area contributed by atoms with Crippen molar-refractivity contribution in [1.82, 2.24) is 19.5 Å². The average molecular weight is 293 g/mol. The molecule has 0 aliphatic heterocycles. The third-order valence-corrected chi connectivity index (χ3v) is 3.03. The van der Waals surface area contributed by atoms with Gasteiger partial charge in [0.1, 0.15) is 18.1 Å². The van der Waals surface area contributed by atoms with Gasteiger partial charge in [0.05, 0.1) is 25.0 Å². The van der Waals surface area contributed by atoms with Crippen LogP contribution in [0.15, 0.2) is 12.7 Å². The van der Waals surface area contributed by atoms with E-state index in [0.717, 1.165) is 0 Å². The van der Waals surface area contributed by atoms with Crippen molar-refractivity contribution in [3.63, 3.8) is 0 Å². The first-order chi connectivity index (χ1) is 10.1. The number of imidazole rings is 1.